The highest BCUT2D eigenvalue weighted by atomic mass is 35.5. The SMILES string of the molecule is Clc1ccc(-c2nc(NC3CCN(Cc4ccccc4)CC3)sc2-c2ccc(Cl)cc2)cc1. The molecule has 1 fully saturated rings. The van der Waals surface area contributed by atoms with Crippen molar-refractivity contribution in [3.63, 3.8) is 0 Å². The summed E-state index contributed by atoms with van der Waals surface area (Å²) in [6.07, 6.45) is 2.22. The van der Waals surface area contributed by atoms with Gasteiger partial charge in [-0.25, -0.2) is 4.98 Å². The van der Waals surface area contributed by atoms with Gasteiger partial charge >= 0.3 is 0 Å². The lowest BCUT2D eigenvalue weighted by atomic mass is 10.0. The highest BCUT2D eigenvalue weighted by molar-refractivity contribution is 7.19. The third-order valence-corrected chi connectivity index (χ3v) is 7.56. The van der Waals surface area contributed by atoms with Gasteiger partial charge in [-0.05, 0) is 48.2 Å². The fourth-order valence-electron chi connectivity index (χ4n) is 4.23. The minimum Gasteiger partial charge on any atom is -0.359 e. The second-order valence-electron chi connectivity index (χ2n) is 8.39. The molecule has 0 amide bonds. The molecule has 2 heterocycles. The standard InChI is InChI=1S/C27H25Cl2N3S/c28-22-10-6-20(7-11-22)25-26(21-8-12-23(29)13-9-21)33-27(31-25)30-24-14-16-32(17-15-24)18-19-4-2-1-3-5-19/h1-13,24H,14-18H2,(H,30,31). The summed E-state index contributed by atoms with van der Waals surface area (Å²) in [6.45, 7) is 3.20. The van der Waals surface area contributed by atoms with Crippen LogP contribution in [0.25, 0.3) is 21.7 Å². The van der Waals surface area contributed by atoms with Crippen molar-refractivity contribution in [3.05, 3.63) is 94.5 Å². The lowest BCUT2D eigenvalue weighted by Gasteiger charge is -2.32. The largest absolute Gasteiger partial charge is 0.359 e. The van der Waals surface area contributed by atoms with Crippen LogP contribution in [-0.4, -0.2) is 29.0 Å². The normalized spacial score (nSPS) is 15.0. The van der Waals surface area contributed by atoms with Gasteiger partial charge in [-0.1, -0.05) is 89.1 Å². The van der Waals surface area contributed by atoms with Crippen molar-refractivity contribution in [3.8, 4) is 21.7 Å². The fraction of sp³-hybridized carbons (Fsp3) is 0.222. The molecule has 0 spiro atoms. The first-order chi connectivity index (χ1) is 16.1. The van der Waals surface area contributed by atoms with Crippen molar-refractivity contribution >= 4 is 39.7 Å². The van der Waals surface area contributed by atoms with Crippen LogP contribution in [0.2, 0.25) is 10.0 Å². The summed E-state index contributed by atoms with van der Waals surface area (Å²) >= 11 is 14.0. The first-order valence-corrected chi connectivity index (χ1v) is 12.8. The zero-order chi connectivity index (χ0) is 22.6. The van der Waals surface area contributed by atoms with Gasteiger partial charge in [0.1, 0.15) is 0 Å². The molecule has 4 aromatic rings. The number of nitrogens with one attached hydrogen (secondary N) is 1. The zero-order valence-corrected chi connectivity index (χ0v) is 20.5. The Labute approximate surface area is 209 Å². The van der Waals surface area contributed by atoms with E-state index in [0.29, 0.717) is 6.04 Å². The molecule has 1 aliphatic heterocycles. The number of halogens is 2. The van der Waals surface area contributed by atoms with Crippen LogP contribution in [0.5, 0.6) is 0 Å². The molecule has 3 aromatic carbocycles. The Balaban J connectivity index is 1.32. The first kappa shape index (κ1) is 22.4. The van der Waals surface area contributed by atoms with Crippen LogP contribution in [0.3, 0.4) is 0 Å². The molecular formula is C27H25Cl2N3S. The van der Waals surface area contributed by atoms with Crippen molar-refractivity contribution in [1.29, 1.82) is 0 Å². The molecule has 1 aromatic heterocycles. The van der Waals surface area contributed by atoms with Crippen LogP contribution in [-0.2, 0) is 6.54 Å². The number of hydrogen-bond donors (Lipinski definition) is 1. The van der Waals surface area contributed by atoms with Crippen molar-refractivity contribution in [2.75, 3.05) is 18.4 Å². The third-order valence-electron chi connectivity index (χ3n) is 6.02. The van der Waals surface area contributed by atoms with E-state index in [2.05, 4.69) is 52.7 Å². The van der Waals surface area contributed by atoms with Crippen LogP contribution in [0.4, 0.5) is 5.13 Å². The number of nitrogens with zero attached hydrogens (tertiary/aromatic N) is 2. The van der Waals surface area contributed by atoms with Gasteiger partial charge in [-0.15, -0.1) is 0 Å². The van der Waals surface area contributed by atoms with Gasteiger partial charge in [0.05, 0.1) is 10.6 Å². The van der Waals surface area contributed by atoms with Gasteiger partial charge in [0.25, 0.3) is 0 Å². The minimum atomic E-state index is 0.430. The molecule has 0 saturated carbocycles. The fourth-order valence-corrected chi connectivity index (χ4v) is 5.56. The summed E-state index contributed by atoms with van der Waals surface area (Å²) in [7, 11) is 0. The van der Waals surface area contributed by atoms with E-state index in [-0.39, 0.29) is 0 Å². The van der Waals surface area contributed by atoms with Crippen molar-refractivity contribution in [2.24, 2.45) is 0 Å². The second-order valence-corrected chi connectivity index (χ2v) is 10.3. The molecule has 1 N–H and O–H groups in total. The van der Waals surface area contributed by atoms with Gasteiger partial charge in [-0.2, -0.15) is 0 Å². The quantitative estimate of drug-likeness (QED) is 0.296. The smallest absolute Gasteiger partial charge is 0.184 e. The Morgan fingerprint density at radius 1 is 0.818 bits per heavy atom. The van der Waals surface area contributed by atoms with Gasteiger partial charge in [-0.3, -0.25) is 4.90 Å². The lowest BCUT2D eigenvalue weighted by Crippen LogP contribution is -2.38. The molecule has 5 rings (SSSR count). The third kappa shape index (κ3) is 5.59. The Bertz CT molecular complexity index is 1120. The van der Waals surface area contributed by atoms with Gasteiger partial charge in [0.2, 0.25) is 0 Å². The topological polar surface area (TPSA) is 28.2 Å². The van der Waals surface area contributed by atoms with E-state index >= 15 is 0 Å². The van der Waals surface area contributed by atoms with E-state index in [1.165, 1.54) is 5.56 Å². The van der Waals surface area contributed by atoms with Crippen molar-refractivity contribution < 1.29 is 0 Å². The first-order valence-electron chi connectivity index (χ1n) is 11.2. The number of rotatable bonds is 6. The summed E-state index contributed by atoms with van der Waals surface area (Å²) in [5, 5.41) is 6.14. The summed E-state index contributed by atoms with van der Waals surface area (Å²) in [5.41, 5.74) is 4.53. The zero-order valence-electron chi connectivity index (χ0n) is 18.2. The average molecular weight is 494 g/mol. The van der Waals surface area contributed by atoms with Gasteiger partial charge in [0.15, 0.2) is 5.13 Å². The van der Waals surface area contributed by atoms with E-state index in [1.807, 2.05) is 36.4 Å². The van der Waals surface area contributed by atoms with Crippen LogP contribution in [0.15, 0.2) is 78.9 Å². The van der Waals surface area contributed by atoms with Crippen molar-refractivity contribution in [1.82, 2.24) is 9.88 Å². The van der Waals surface area contributed by atoms with E-state index in [4.69, 9.17) is 28.2 Å². The maximum Gasteiger partial charge on any atom is 0.184 e. The molecule has 3 nitrogen and oxygen atoms in total. The number of aromatic nitrogens is 1. The molecule has 0 unspecified atom stereocenters. The molecule has 0 radical (unpaired) electrons. The van der Waals surface area contributed by atoms with E-state index in [1.54, 1.807) is 11.3 Å². The van der Waals surface area contributed by atoms with Crippen molar-refractivity contribution in [2.45, 2.75) is 25.4 Å². The minimum absolute atomic E-state index is 0.430. The molecular weight excluding hydrogens is 469 g/mol. The Morgan fingerprint density at radius 2 is 1.42 bits per heavy atom. The molecule has 1 saturated heterocycles. The number of hydrogen-bond acceptors (Lipinski definition) is 4. The number of piperidine rings is 1. The maximum absolute atomic E-state index is 6.13. The van der Waals surface area contributed by atoms with Gasteiger partial charge in [0, 0.05) is 41.3 Å². The highest BCUT2D eigenvalue weighted by Crippen LogP contribution is 2.40. The van der Waals surface area contributed by atoms with E-state index < -0.39 is 0 Å². The maximum atomic E-state index is 6.13. The molecule has 1 aliphatic rings. The second kappa shape index (κ2) is 10.3. The lowest BCUT2D eigenvalue weighted by molar-refractivity contribution is 0.211. The van der Waals surface area contributed by atoms with Crippen LogP contribution in [0.1, 0.15) is 18.4 Å². The Kier molecular flexibility index (Phi) is 6.98. The van der Waals surface area contributed by atoms with Crippen LogP contribution < -0.4 is 5.32 Å². The summed E-state index contributed by atoms with van der Waals surface area (Å²) in [6, 6.07) is 27.0. The Morgan fingerprint density at radius 3 is 2.06 bits per heavy atom. The predicted octanol–water partition coefficient (Wildman–Crippen LogP) is 7.86. The average Bonchev–Trinajstić information content (AvgIpc) is 3.26. The molecule has 168 valence electrons. The predicted molar refractivity (Wildman–Crippen MR) is 141 cm³/mol. The number of thiazole rings is 1. The number of likely N-dealkylation sites (tertiary alicyclic amines) is 1. The molecule has 6 heteroatoms. The molecule has 33 heavy (non-hydrogen) atoms. The highest BCUT2D eigenvalue weighted by Gasteiger charge is 2.22. The molecule has 0 bridgehead atoms. The summed E-state index contributed by atoms with van der Waals surface area (Å²) in [4.78, 5) is 8.68. The summed E-state index contributed by atoms with van der Waals surface area (Å²) < 4.78 is 0. The number of anilines is 1. The summed E-state index contributed by atoms with van der Waals surface area (Å²) in [5.74, 6) is 0. The monoisotopic (exact) mass is 493 g/mol. The van der Waals surface area contributed by atoms with E-state index in [9.17, 15) is 0 Å². The molecule has 0 aliphatic carbocycles. The number of benzene rings is 3. The molecule has 0 atom stereocenters. The van der Waals surface area contributed by atoms with Crippen LogP contribution >= 0.6 is 34.5 Å². The van der Waals surface area contributed by atoms with Gasteiger partial charge < -0.3 is 5.32 Å². The van der Waals surface area contributed by atoms with Crippen LogP contribution in [0, 0.1) is 0 Å². The van der Waals surface area contributed by atoms with E-state index in [0.717, 1.165) is 69.4 Å². The Hall–Kier alpha value is -2.37.